The van der Waals surface area contributed by atoms with Gasteiger partial charge in [0.15, 0.2) is 5.76 Å². The second-order valence-electron chi connectivity index (χ2n) is 7.61. The van der Waals surface area contributed by atoms with Crippen LogP contribution in [0.1, 0.15) is 32.8 Å². The van der Waals surface area contributed by atoms with E-state index in [0.29, 0.717) is 25.1 Å². The molecule has 0 fully saturated rings. The Kier molecular flexibility index (Phi) is 4.75. The number of carbonyl (C=O) groups excluding carboxylic acids is 2. The van der Waals surface area contributed by atoms with Gasteiger partial charge in [-0.3, -0.25) is 9.59 Å². The lowest BCUT2D eigenvalue weighted by Crippen LogP contribution is -2.29. The molecule has 0 bridgehead atoms. The number of fused-ring (bicyclic) bond motifs is 2. The Labute approximate surface area is 174 Å². The van der Waals surface area contributed by atoms with Gasteiger partial charge in [0.1, 0.15) is 5.75 Å². The second kappa shape index (κ2) is 7.71. The standard InChI is InChI=1S/C24H22N2O4/c27-22-14-17-3-1-2-4-20(17)26(22)15-19-9-12-30-23(19)24(28)25-10-7-16-5-6-21-18(13-16)8-11-29-21/h1-6,9,12-13H,7-8,10-11,14-15H2,(H,25,28). The van der Waals surface area contributed by atoms with Crippen molar-refractivity contribution in [2.24, 2.45) is 0 Å². The van der Waals surface area contributed by atoms with E-state index in [2.05, 4.69) is 11.4 Å². The summed E-state index contributed by atoms with van der Waals surface area (Å²) in [5.74, 6) is 0.986. The predicted octanol–water partition coefficient (Wildman–Crippen LogP) is 3.28. The zero-order valence-electron chi connectivity index (χ0n) is 16.5. The Morgan fingerprint density at radius 2 is 2.00 bits per heavy atom. The maximum Gasteiger partial charge on any atom is 0.287 e. The Bertz CT molecular complexity index is 1120. The van der Waals surface area contributed by atoms with Gasteiger partial charge in [-0.2, -0.15) is 0 Å². The van der Waals surface area contributed by atoms with Gasteiger partial charge in [0.25, 0.3) is 5.91 Å². The summed E-state index contributed by atoms with van der Waals surface area (Å²) in [7, 11) is 0. The third-order valence-corrected chi connectivity index (χ3v) is 5.66. The van der Waals surface area contributed by atoms with E-state index in [1.54, 1.807) is 11.0 Å². The van der Waals surface area contributed by atoms with Crippen molar-refractivity contribution in [3.05, 3.63) is 82.8 Å². The molecule has 0 saturated heterocycles. The monoisotopic (exact) mass is 402 g/mol. The lowest BCUT2D eigenvalue weighted by Gasteiger charge is -2.17. The molecule has 2 aliphatic heterocycles. The number of anilines is 1. The van der Waals surface area contributed by atoms with E-state index in [0.717, 1.165) is 36.4 Å². The first-order valence-corrected chi connectivity index (χ1v) is 10.2. The van der Waals surface area contributed by atoms with Gasteiger partial charge in [0, 0.05) is 24.2 Å². The SMILES string of the molecule is O=C(NCCc1ccc2c(c1)CCO2)c1occc1CN1C(=O)Cc2ccccc21. The molecule has 6 heteroatoms. The molecule has 0 spiro atoms. The first-order valence-electron chi connectivity index (χ1n) is 10.2. The van der Waals surface area contributed by atoms with Gasteiger partial charge in [-0.25, -0.2) is 0 Å². The van der Waals surface area contributed by atoms with Gasteiger partial charge in [-0.05, 0) is 41.3 Å². The van der Waals surface area contributed by atoms with Gasteiger partial charge < -0.3 is 19.4 Å². The first-order chi connectivity index (χ1) is 14.7. The molecule has 5 rings (SSSR count). The summed E-state index contributed by atoms with van der Waals surface area (Å²) in [5, 5.41) is 2.93. The van der Waals surface area contributed by atoms with Crippen molar-refractivity contribution in [2.45, 2.75) is 25.8 Å². The molecule has 0 saturated carbocycles. The molecule has 0 atom stereocenters. The number of nitrogens with zero attached hydrogens (tertiary/aromatic N) is 1. The van der Waals surface area contributed by atoms with Gasteiger partial charge in [0.2, 0.25) is 5.91 Å². The van der Waals surface area contributed by atoms with E-state index in [1.807, 2.05) is 36.4 Å². The number of carbonyl (C=O) groups is 2. The number of ether oxygens (including phenoxy) is 1. The molecule has 2 aromatic carbocycles. The summed E-state index contributed by atoms with van der Waals surface area (Å²) in [6, 6.07) is 15.7. The van der Waals surface area contributed by atoms with Crippen LogP contribution in [0.15, 0.2) is 59.2 Å². The minimum atomic E-state index is -0.264. The lowest BCUT2D eigenvalue weighted by atomic mass is 10.1. The molecule has 30 heavy (non-hydrogen) atoms. The molecular weight excluding hydrogens is 380 g/mol. The van der Waals surface area contributed by atoms with Crippen LogP contribution >= 0.6 is 0 Å². The molecule has 152 valence electrons. The number of amides is 2. The Morgan fingerprint density at radius 3 is 2.93 bits per heavy atom. The zero-order valence-corrected chi connectivity index (χ0v) is 16.5. The minimum absolute atomic E-state index is 0.0318. The van der Waals surface area contributed by atoms with Gasteiger partial charge in [0.05, 0.1) is 25.8 Å². The van der Waals surface area contributed by atoms with E-state index in [-0.39, 0.29) is 17.6 Å². The zero-order chi connectivity index (χ0) is 20.5. The molecule has 1 aromatic heterocycles. The van der Waals surface area contributed by atoms with Crippen molar-refractivity contribution < 1.29 is 18.7 Å². The molecule has 3 heterocycles. The highest BCUT2D eigenvalue weighted by Gasteiger charge is 2.28. The fraction of sp³-hybridized carbons (Fsp3) is 0.250. The van der Waals surface area contributed by atoms with E-state index >= 15 is 0 Å². The van der Waals surface area contributed by atoms with Crippen molar-refractivity contribution in [2.75, 3.05) is 18.1 Å². The first kappa shape index (κ1) is 18.5. The third kappa shape index (κ3) is 3.45. The maximum absolute atomic E-state index is 12.7. The predicted molar refractivity (Wildman–Crippen MR) is 112 cm³/mol. The van der Waals surface area contributed by atoms with Crippen molar-refractivity contribution in [1.29, 1.82) is 0 Å². The normalized spacial score (nSPS) is 14.4. The molecule has 0 unspecified atom stereocenters. The third-order valence-electron chi connectivity index (χ3n) is 5.66. The number of para-hydroxylation sites is 1. The average molecular weight is 402 g/mol. The molecule has 1 N–H and O–H groups in total. The molecule has 0 radical (unpaired) electrons. The topological polar surface area (TPSA) is 71.8 Å². The van der Waals surface area contributed by atoms with Gasteiger partial charge in [-0.1, -0.05) is 30.3 Å². The van der Waals surface area contributed by atoms with Gasteiger partial charge in [-0.15, -0.1) is 0 Å². The Hall–Kier alpha value is -3.54. The second-order valence-corrected chi connectivity index (χ2v) is 7.61. The quantitative estimate of drug-likeness (QED) is 0.687. The largest absolute Gasteiger partial charge is 0.493 e. The van der Waals surface area contributed by atoms with E-state index < -0.39 is 0 Å². The fourth-order valence-electron chi connectivity index (χ4n) is 4.12. The van der Waals surface area contributed by atoms with Crippen LogP contribution in [0, 0.1) is 0 Å². The van der Waals surface area contributed by atoms with Crippen LogP contribution in [-0.4, -0.2) is 25.0 Å². The molecule has 0 aliphatic carbocycles. The van der Waals surface area contributed by atoms with Crippen LogP contribution < -0.4 is 15.0 Å². The van der Waals surface area contributed by atoms with Crippen molar-refractivity contribution in [1.82, 2.24) is 5.32 Å². The van der Waals surface area contributed by atoms with Crippen LogP contribution in [0.2, 0.25) is 0 Å². The number of nitrogens with one attached hydrogen (secondary N) is 1. The average Bonchev–Trinajstić information content (AvgIpc) is 3.47. The molecule has 2 amide bonds. The highest BCUT2D eigenvalue weighted by atomic mass is 16.5. The summed E-state index contributed by atoms with van der Waals surface area (Å²) in [6.45, 7) is 1.56. The smallest absolute Gasteiger partial charge is 0.287 e. The van der Waals surface area contributed by atoms with Crippen LogP contribution in [0.3, 0.4) is 0 Å². The van der Waals surface area contributed by atoms with Crippen LogP contribution in [0.25, 0.3) is 0 Å². The molecule has 3 aromatic rings. The summed E-state index contributed by atoms with van der Waals surface area (Å²) < 4.78 is 11.0. The van der Waals surface area contributed by atoms with Crippen molar-refractivity contribution in [3.63, 3.8) is 0 Å². The highest BCUT2D eigenvalue weighted by Crippen LogP contribution is 2.30. The highest BCUT2D eigenvalue weighted by molar-refractivity contribution is 6.01. The van der Waals surface area contributed by atoms with E-state index in [9.17, 15) is 9.59 Å². The van der Waals surface area contributed by atoms with Crippen LogP contribution in [0.4, 0.5) is 5.69 Å². The van der Waals surface area contributed by atoms with Crippen molar-refractivity contribution in [3.8, 4) is 5.75 Å². The Morgan fingerprint density at radius 1 is 1.10 bits per heavy atom. The molecule has 6 nitrogen and oxygen atoms in total. The van der Waals surface area contributed by atoms with E-state index in [4.69, 9.17) is 9.15 Å². The van der Waals surface area contributed by atoms with E-state index in [1.165, 1.54) is 17.4 Å². The number of furan rings is 1. The van der Waals surface area contributed by atoms with Crippen LogP contribution in [-0.2, 0) is 30.6 Å². The summed E-state index contributed by atoms with van der Waals surface area (Å²) in [6.07, 6.45) is 3.55. The number of hydrogen-bond acceptors (Lipinski definition) is 4. The maximum atomic E-state index is 12.7. The fourth-order valence-corrected chi connectivity index (χ4v) is 4.12. The lowest BCUT2D eigenvalue weighted by molar-refractivity contribution is -0.117. The summed E-state index contributed by atoms with van der Waals surface area (Å²) in [4.78, 5) is 26.8. The van der Waals surface area contributed by atoms with Gasteiger partial charge >= 0.3 is 0 Å². The Balaban J connectivity index is 1.22. The number of hydrogen-bond donors (Lipinski definition) is 1. The summed E-state index contributed by atoms with van der Waals surface area (Å²) >= 11 is 0. The summed E-state index contributed by atoms with van der Waals surface area (Å²) in [5.41, 5.74) is 5.00. The minimum Gasteiger partial charge on any atom is -0.493 e. The molecular formula is C24H22N2O4. The van der Waals surface area contributed by atoms with Crippen molar-refractivity contribution >= 4 is 17.5 Å². The number of benzene rings is 2. The number of rotatable bonds is 6. The van der Waals surface area contributed by atoms with Crippen LogP contribution in [0.5, 0.6) is 5.75 Å². The molecule has 2 aliphatic rings.